The third-order valence-corrected chi connectivity index (χ3v) is 3.25. The van der Waals surface area contributed by atoms with Crippen LogP contribution in [0.5, 0.6) is 0 Å². The van der Waals surface area contributed by atoms with E-state index in [0.717, 1.165) is 6.07 Å². The molecule has 0 radical (unpaired) electrons. The zero-order chi connectivity index (χ0) is 14.3. The van der Waals surface area contributed by atoms with E-state index < -0.39 is 23.4 Å². The Labute approximate surface area is 108 Å². The Hall–Kier alpha value is -0.980. The fourth-order valence-electron chi connectivity index (χ4n) is 1.32. The molecule has 0 fully saturated rings. The molecule has 0 saturated carbocycles. The molecule has 0 amide bonds. The number of alkyl halides is 5. The molecule has 1 aromatic carbocycles. The molecular formula is C11H8BrF5O. The third-order valence-electron chi connectivity index (χ3n) is 2.39. The standard InChI is InChI=1S/C11H8BrF5O/c1-5-4-8(12)6(2)3-7(5)9(18)10(13,14)11(15,16)17/h3-4H,1-2H3. The number of benzene rings is 1. The van der Waals surface area contributed by atoms with Crippen LogP contribution in [-0.2, 0) is 0 Å². The highest BCUT2D eigenvalue weighted by Crippen LogP contribution is 2.39. The number of halogens is 6. The minimum absolute atomic E-state index is 0.0569. The Morgan fingerprint density at radius 3 is 2.00 bits per heavy atom. The van der Waals surface area contributed by atoms with Gasteiger partial charge >= 0.3 is 12.1 Å². The van der Waals surface area contributed by atoms with E-state index in [1.54, 1.807) is 0 Å². The normalized spacial score (nSPS) is 12.7. The number of Topliss-reactive ketones (excluding diaryl/α,β-unsaturated/α-hetero) is 1. The van der Waals surface area contributed by atoms with Crippen molar-refractivity contribution in [3.05, 3.63) is 33.3 Å². The SMILES string of the molecule is Cc1cc(C(=O)C(F)(F)C(F)(F)F)c(C)cc1Br. The predicted octanol–water partition coefficient (Wildman–Crippen LogP) is 4.45. The number of hydrogen-bond donors (Lipinski definition) is 0. The van der Waals surface area contributed by atoms with Gasteiger partial charge in [-0.1, -0.05) is 15.9 Å². The van der Waals surface area contributed by atoms with Crippen LogP contribution in [0.2, 0.25) is 0 Å². The Bertz CT molecular complexity index is 493. The van der Waals surface area contributed by atoms with Crippen LogP contribution in [0.4, 0.5) is 22.0 Å². The fraction of sp³-hybridized carbons (Fsp3) is 0.364. The van der Waals surface area contributed by atoms with Gasteiger partial charge in [0.2, 0.25) is 5.78 Å². The van der Waals surface area contributed by atoms with Gasteiger partial charge in [0.1, 0.15) is 0 Å². The van der Waals surface area contributed by atoms with Crippen molar-refractivity contribution in [3.8, 4) is 0 Å². The molecule has 0 heterocycles. The van der Waals surface area contributed by atoms with Crippen LogP contribution in [0.15, 0.2) is 16.6 Å². The summed E-state index contributed by atoms with van der Waals surface area (Å²) in [6.45, 7) is 2.79. The maximum Gasteiger partial charge on any atom is 0.461 e. The summed E-state index contributed by atoms with van der Waals surface area (Å²) in [5.41, 5.74) is -0.165. The average molecular weight is 331 g/mol. The first-order valence-corrected chi connectivity index (χ1v) is 5.54. The highest BCUT2D eigenvalue weighted by atomic mass is 79.9. The first-order valence-electron chi connectivity index (χ1n) is 4.74. The van der Waals surface area contributed by atoms with Gasteiger partial charge in [0.25, 0.3) is 0 Å². The van der Waals surface area contributed by atoms with Crippen molar-refractivity contribution in [3.63, 3.8) is 0 Å². The zero-order valence-corrected chi connectivity index (χ0v) is 10.9. The predicted molar refractivity (Wildman–Crippen MR) is 58.9 cm³/mol. The van der Waals surface area contributed by atoms with Crippen molar-refractivity contribution >= 4 is 21.7 Å². The topological polar surface area (TPSA) is 17.1 Å². The van der Waals surface area contributed by atoms with E-state index in [-0.39, 0.29) is 5.56 Å². The van der Waals surface area contributed by atoms with Crippen LogP contribution < -0.4 is 0 Å². The molecule has 0 aliphatic carbocycles. The van der Waals surface area contributed by atoms with Crippen molar-refractivity contribution in [2.24, 2.45) is 0 Å². The van der Waals surface area contributed by atoms with Gasteiger partial charge in [0, 0.05) is 10.0 Å². The molecule has 100 valence electrons. The molecule has 0 bridgehead atoms. The van der Waals surface area contributed by atoms with Gasteiger partial charge in [-0.2, -0.15) is 22.0 Å². The van der Waals surface area contributed by atoms with E-state index in [0.29, 0.717) is 10.0 Å². The Balaban J connectivity index is 3.32. The second kappa shape index (κ2) is 4.60. The van der Waals surface area contributed by atoms with Crippen molar-refractivity contribution < 1.29 is 26.7 Å². The quantitative estimate of drug-likeness (QED) is 0.578. The number of aryl methyl sites for hydroxylation is 2. The number of carbonyl (C=O) groups is 1. The lowest BCUT2D eigenvalue weighted by Crippen LogP contribution is -2.44. The lowest BCUT2D eigenvalue weighted by Gasteiger charge is -2.19. The first kappa shape index (κ1) is 15.1. The van der Waals surface area contributed by atoms with E-state index in [1.165, 1.54) is 19.9 Å². The summed E-state index contributed by atoms with van der Waals surface area (Å²) in [6.07, 6.45) is -5.89. The molecule has 7 heteroatoms. The molecule has 1 rings (SSSR count). The molecule has 0 unspecified atom stereocenters. The molecule has 0 spiro atoms. The van der Waals surface area contributed by atoms with Crippen molar-refractivity contribution in [1.82, 2.24) is 0 Å². The molecule has 18 heavy (non-hydrogen) atoms. The molecular weight excluding hydrogens is 323 g/mol. The van der Waals surface area contributed by atoms with E-state index in [9.17, 15) is 26.7 Å². The molecule has 0 aliphatic rings. The van der Waals surface area contributed by atoms with Crippen LogP contribution >= 0.6 is 15.9 Å². The van der Waals surface area contributed by atoms with E-state index in [1.807, 2.05) is 0 Å². The van der Waals surface area contributed by atoms with E-state index in [2.05, 4.69) is 15.9 Å². The van der Waals surface area contributed by atoms with Crippen molar-refractivity contribution in [2.75, 3.05) is 0 Å². The van der Waals surface area contributed by atoms with Crippen molar-refractivity contribution in [1.29, 1.82) is 0 Å². The summed E-state index contributed by atoms with van der Waals surface area (Å²) < 4.78 is 62.7. The number of rotatable bonds is 2. The van der Waals surface area contributed by atoms with E-state index >= 15 is 0 Å². The summed E-state index contributed by atoms with van der Waals surface area (Å²) in [6, 6.07) is 2.34. The largest absolute Gasteiger partial charge is 0.461 e. The van der Waals surface area contributed by atoms with Crippen LogP contribution in [0.3, 0.4) is 0 Å². The molecule has 0 saturated heterocycles. The Kier molecular flexibility index (Phi) is 3.86. The number of ketones is 1. The lowest BCUT2D eigenvalue weighted by molar-refractivity contribution is -0.255. The smallest absolute Gasteiger partial charge is 0.287 e. The van der Waals surface area contributed by atoms with Crippen LogP contribution in [0.1, 0.15) is 21.5 Å². The molecule has 0 aromatic heterocycles. The number of hydrogen-bond acceptors (Lipinski definition) is 1. The zero-order valence-electron chi connectivity index (χ0n) is 9.33. The Morgan fingerprint density at radius 2 is 1.56 bits per heavy atom. The summed E-state index contributed by atoms with van der Waals surface area (Å²) in [5, 5.41) is 0. The van der Waals surface area contributed by atoms with Gasteiger partial charge in [-0.05, 0) is 37.1 Å². The minimum atomic E-state index is -5.89. The van der Waals surface area contributed by atoms with E-state index in [4.69, 9.17) is 0 Å². The molecule has 1 nitrogen and oxygen atoms in total. The second-order valence-corrected chi connectivity index (χ2v) is 4.67. The van der Waals surface area contributed by atoms with Crippen LogP contribution in [0.25, 0.3) is 0 Å². The van der Waals surface area contributed by atoms with Gasteiger partial charge < -0.3 is 0 Å². The summed E-state index contributed by atoms with van der Waals surface area (Å²) in [7, 11) is 0. The monoisotopic (exact) mass is 330 g/mol. The molecule has 0 aliphatic heterocycles. The average Bonchev–Trinajstić information content (AvgIpc) is 2.20. The van der Waals surface area contributed by atoms with Crippen LogP contribution in [0, 0.1) is 13.8 Å². The maximum absolute atomic E-state index is 12.9. The summed E-state index contributed by atoms with van der Waals surface area (Å²) >= 11 is 3.10. The van der Waals surface area contributed by atoms with Gasteiger partial charge in [-0.3, -0.25) is 4.79 Å². The van der Waals surface area contributed by atoms with Gasteiger partial charge in [0.05, 0.1) is 0 Å². The molecule has 0 atom stereocenters. The van der Waals surface area contributed by atoms with Gasteiger partial charge in [-0.15, -0.1) is 0 Å². The third kappa shape index (κ3) is 2.55. The lowest BCUT2D eigenvalue weighted by atomic mass is 9.98. The van der Waals surface area contributed by atoms with Crippen molar-refractivity contribution in [2.45, 2.75) is 25.9 Å². The first-order chi connectivity index (χ1) is 7.98. The fourth-order valence-corrected chi connectivity index (χ4v) is 1.78. The highest BCUT2D eigenvalue weighted by Gasteiger charge is 2.63. The molecule has 1 aromatic rings. The maximum atomic E-state index is 12.9. The second-order valence-electron chi connectivity index (χ2n) is 3.82. The summed E-state index contributed by atoms with van der Waals surface area (Å²) in [4.78, 5) is 11.3. The van der Waals surface area contributed by atoms with Crippen LogP contribution in [-0.4, -0.2) is 17.9 Å². The van der Waals surface area contributed by atoms with Gasteiger partial charge in [-0.25, -0.2) is 0 Å². The van der Waals surface area contributed by atoms with Gasteiger partial charge in [0.15, 0.2) is 0 Å². The Morgan fingerprint density at radius 1 is 1.06 bits per heavy atom. The minimum Gasteiger partial charge on any atom is -0.287 e. The summed E-state index contributed by atoms with van der Waals surface area (Å²) in [5.74, 6) is -7.61. The molecule has 0 N–H and O–H groups in total. The highest BCUT2D eigenvalue weighted by molar-refractivity contribution is 9.10. The number of carbonyl (C=O) groups excluding carboxylic acids is 1.